The summed E-state index contributed by atoms with van der Waals surface area (Å²) >= 11 is 0. The Morgan fingerprint density at radius 2 is 1.94 bits per heavy atom. The predicted octanol–water partition coefficient (Wildman–Crippen LogP) is 0.956. The topological polar surface area (TPSA) is 95.1 Å². The van der Waals surface area contributed by atoms with Crippen LogP contribution in [0, 0.1) is 0 Å². The highest BCUT2D eigenvalue weighted by Gasteiger charge is 2.10. The second-order valence-corrected chi connectivity index (χ2v) is 3.59. The molecule has 0 saturated heterocycles. The van der Waals surface area contributed by atoms with Crippen LogP contribution in [-0.2, 0) is 0 Å². The van der Waals surface area contributed by atoms with Crippen molar-refractivity contribution in [3.63, 3.8) is 0 Å². The monoisotopic (exact) mass is 226 g/mol. The molecular weight excluding hydrogens is 216 g/mol. The van der Waals surface area contributed by atoms with E-state index in [4.69, 9.17) is 11.5 Å². The van der Waals surface area contributed by atoms with Crippen molar-refractivity contribution < 1.29 is 0 Å². The third-order valence-electron chi connectivity index (χ3n) is 2.47. The molecule has 6 heteroatoms. The van der Waals surface area contributed by atoms with Crippen LogP contribution in [0.5, 0.6) is 0 Å². The maximum absolute atomic E-state index is 5.80. The van der Waals surface area contributed by atoms with Gasteiger partial charge in [-0.2, -0.15) is 9.50 Å². The Morgan fingerprint density at radius 1 is 1.06 bits per heavy atom. The van der Waals surface area contributed by atoms with Crippen LogP contribution in [-0.4, -0.2) is 19.6 Å². The zero-order valence-corrected chi connectivity index (χ0v) is 8.91. The normalized spacial score (nSPS) is 10.8. The van der Waals surface area contributed by atoms with Crippen molar-refractivity contribution in [1.29, 1.82) is 0 Å². The Balaban J connectivity index is 2.34. The quantitative estimate of drug-likeness (QED) is 0.644. The SMILES string of the molecule is Nc1nc2c(-c3ccccn3)ccc(N)n2n1. The van der Waals surface area contributed by atoms with Gasteiger partial charge in [0.15, 0.2) is 5.65 Å². The Labute approximate surface area is 96.9 Å². The number of anilines is 2. The van der Waals surface area contributed by atoms with E-state index < -0.39 is 0 Å². The minimum atomic E-state index is 0.195. The summed E-state index contributed by atoms with van der Waals surface area (Å²) in [7, 11) is 0. The van der Waals surface area contributed by atoms with Crippen LogP contribution in [0.15, 0.2) is 36.5 Å². The second kappa shape index (κ2) is 3.44. The van der Waals surface area contributed by atoms with E-state index in [1.165, 1.54) is 4.52 Å². The highest BCUT2D eigenvalue weighted by molar-refractivity contribution is 5.77. The fraction of sp³-hybridized carbons (Fsp3) is 0. The Hall–Kier alpha value is -2.63. The van der Waals surface area contributed by atoms with Crippen molar-refractivity contribution in [2.24, 2.45) is 0 Å². The van der Waals surface area contributed by atoms with Gasteiger partial charge in [-0.1, -0.05) is 6.07 Å². The van der Waals surface area contributed by atoms with Crippen LogP contribution < -0.4 is 11.5 Å². The maximum Gasteiger partial charge on any atom is 0.240 e. The lowest BCUT2D eigenvalue weighted by molar-refractivity contribution is 0.981. The van der Waals surface area contributed by atoms with E-state index in [9.17, 15) is 0 Å². The molecule has 0 aliphatic rings. The molecule has 84 valence electrons. The van der Waals surface area contributed by atoms with Crippen molar-refractivity contribution in [3.8, 4) is 11.3 Å². The van der Waals surface area contributed by atoms with Gasteiger partial charge in [-0.05, 0) is 24.3 Å². The fourth-order valence-electron chi connectivity index (χ4n) is 1.72. The van der Waals surface area contributed by atoms with Crippen molar-refractivity contribution in [3.05, 3.63) is 36.5 Å². The van der Waals surface area contributed by atoms with Gasteiger partial charge in [0.1, 0.15) is 5.82 Å². The molecule has 0 bridgehead atoms. The van der Waals surface area contributed by atoms with Gasteiger partial charge in [-0.15, -0.1) is 5.10 Å². The van der Waals surface area contributed by atoms with Gasteiger partial charge >= 0.3 is 0 Å². The first kappa shape index (κ1) is 9.59. The number of aromatic nitrogens is 4. The number of nitrogens with zero attached hydrogens (tertiary/aromatic N) is 4. The van der Waals surface area contributed by atoms with E-state index in [2.05, 4.69) is 15.1 Å². The highest BCUT2D eigenvalue weighted by atomic mass is 15.3. The number of nitrogen functional groups attached to an aromatic ring is 2. The van der Waals surface area contributed by atoms with Gasteiger partial charge in [0.25, 0.3) is 0 Å². The molecule has 0 saturated carbocycles. The molecule has 0 aliphatic heterocycles. The summed E-state index contributed by atoms with van der Waals surface area (Å²) < 4.78 is 1.51. The summed E-state index contributed by atoms with van der Waals surface area (Å²) in [5, 5.41) is 4.03. The molecule has 4 N–H and O–H groups in total. The van der Waals surface area contributed by atoms with E-state index in [1.807, 2.05) is 24.3 Å². The summed E-state index contributed by atoms with van der Waals surface area (Å²) in [6.07, 6.45) is 1.72. The van der Waals surface area contributed by atoms with Crippen molar-refractivity contribution >= 4 is 17.4 Å². The standard InChI is InChI=1S/C11H10N6/c12-9-5-4-7(8-3-1-2-6-14-8)10-15-11(13)16-17(9)10/h1-6H,12H2,(H2,13,16). The van der Waals surface area contributed by atoms with Crippen molar-refractivity contribution in [2.75, 3.05) is 11.5 Å². The number of fused-ring (bicyclic) bond motifs is 1. The molecule has 6 nitrogen and oxygen atoms in total. The third kappa shape index (κ3) is 1.46. The first-order chi connectivity index (χ1) is 8.25. The molecule has 3 aromatic heterocycles. The largest absolute Gasteiger partial charge is 0.384 e. The summed E-state index contributed by atoms with van der Waals surface area (Å²) in [4.78, 5) is 8.44. The van der Waals surface area contributed by atoms with Crippen LogP contribution in [0.1, 0.15) is 0 Å². The second-order valence-electron chi connectivity index (χ2n) is 3.59. The molecule has 3 heterocycles. The van der Waals surface area contributed by atoms with Gasteiger partial charge in [-0.25, -0.2) is 0 Å². The number of rotatable bonds is 1. The molecule has 0 radical (unpaired) electrons. The van der Waals surface area contributed by atoms with E-state index in [0.717, 1.165) is 11.3 Å². The molecule has 0 atom stereocenters. The lowest BCUT2D eigenvalue weighted by Crippen LogP contribution is -2.00. The van der Waals surface area contributed by atoms with Crippen LogP contribution >= 0.6 is 0 Å². The van der Waals surface area contributed by atoms with Gasteiger partial charge in [0.05, 0.1) is 5.69 Å². The predicted molar refractivity (Wildman–Crippen MR) is 65.0 cm³/mol. The third-order valence-corrected chi connectivity index (χ3v) is 2.47. The molecule has 0 unspecified atom stereocenters. The molecule has 3 aromatic rings. The lowest BCUT2D eigenvalue weighted by atomic mass is 10.2. The molecule has 3 rings (SSSR count). The van der Waals surface area contributed by atoms with E-state index in [-0.39, 0.29) is 5.95 Å². The smallest absolute Gasteiger partial charge is 0.240 e. The number of hydrogen-bond acceptors (Lipinski definition) is 5. The lowest BCUT2D eigenvalue weighted by Gasteiger charge is -2.03. The zero-order chi connectivity index (χ0) is 11.8. The molecule has 0 fully saturated rings. The van der Waals surface area contributed by atoms with Crippen molar-refractivity contribution in [2.45, 2.75) is 0 Å². The highest BCUT2D eigenvalue weighted by Crippen LogP contribution is 2.23. The summed E-state index contributed by atoms with van der Waals surface area (Å²) in [6, 6.07) is 9.29. The summed E-state index contributed by atoms with van der Waals surface area (Å²) in [5.74, 6) is 0.684. The average molecular weight is 226 g/mol. The number of nitrogens with two attached hydrogens (primary N) is 2. The first-order valence-electron chi connectivity index (χ1n) is 5.08. The first-order valence-corrected chi connectivity index (χ1v) is 5.08. The Bertz CT molecular complexity index is 673. The molecule has 0 spiro atoms. The average Bonchev–Trinajstić information content (AvgIpc) is 2.73. The van der Waals surface area contributed by atoms with Crippen LogP contribution in [0.3, 0.4) is 0 Å². The van der Waals surface area contributed by atoms with Crippen LogP contribution in [0.2, 0.25) is 0 Å². The van der Waals surface area contributed by atoms with Gasteiger partial charge in [0, 0.05) is 11.8 Å². The molecule has 0 aliphatic carbocycles. The molecule has 0 amide bonds. The van der Waals surface area contributed by atoms with Gasteiger partial charge in [0.2, 0.25) is 5.95 Å². The fourth-order valence-corrected chi connectivity index (χ4v) is 1.72. The Morgan fingerprint density at radius 3 is 2.71 bits per heavy atom. The van der Waals surface area contributed by atoms with Crippen LogP contribution in [0.25, 0.3) is 16.9 Å². The van der Waals surface area contributed by atoms with Gasteiger partial charge in [-0.3, -0.25) is 4.98 Å². The molecule has 0 aromatic carbocycles. The van der Waals surface area contributed by atoms with E-state index >= 15 is 0 Å². The Kier molecular flexibility index (Phi) is 1.94. The van der Waals surface area contributed by atoms with E-state index in [1.54, 1.807) is 12.3 Å². The minimum Gasteiger partial charge on any atom is -0.384 e. The number of hydrogen-bond donors (Lipinski definition) is 2. The molecule has 17 heavy (non-hydrogen) atoms. The summed E-state index contributed by atoms with van der Waals surface area (Å²) in [6.45, 7) is 0. The van der Waals surface area contributed by atoms with E-state index in [0.29, 0.717) is 11.5 Å². The maximum atomic E-state index is 5.80. The van der Waals surface area contributed by atoms with Crippen molar-refractivity contribution in [1.82, 2.24) is 19.6 Å². The molecular formula is C11H10N6. The summed E-state index contributed by atoms with van der Waals surface area (Å²) in [5.41, 5.74) is 13.7. The van der Waals surface area contributed by atoms with Gasteiger partial charge < -0.3 is 11.5 Å². The zero-order valence-electron chi connectivity index (χ0n) is 8.91. The minimum absolute atomic E-state index is 0.195. The van der Waals surface area contributed by atoms with Crippen LogP contribution in [0.4, 0.5) is 11.8 Å². The number of pyridine rings is 2.